The number of H-pyrrole nitrogens is 1. The average molecular weight is 554 g/mol. The third kappa shape index (κ3) is 5.09. The number of fused-ring (bicyclic) bond motifs is 1. The minimum atomic E-state index is -3.78. The van der Waals surface area contributed by atoms with Crippen LogP contribution in [-0.2, 0) is 16.6 Å². The SMILES string of the molecule is CCOc1ccc(S(=O)(=O)N2CCN(CC)CC2)cc1-c1nc2c(-c3cccc(F)c3)cn(CC)c2c(=O)[nH]1. The monoisotopic (exact) mass is 553 g/mol. The molecule has 1 aliphatic rings. The zero-order valence-corrected chi connectivity index (χ0v) is 23.1. The molecule has 39 heavy (non-hydrogen) atoms. The Morgan fingerprint density at radius 3 is 2.44 bits per heavy atom. The Morgan fingerprint density at radius 2 is 1.77 bits per heavy atom. The molecule has 2 aromatic heterocycles. The third-order valence-corrected chi connectivity index (χ3v) is 9.02. The lowest BCUT2D eigenvalue weighted by Crippen LogP contribution is -2.48. The molecule has 1 saturated heterocycles. The first-order valence-corrected chi connectivity index (χ1v) is 14.6. The number of aryl methyl sites for hydroxylation is 1. The summed E-state index contributed by atoms with van der Waals surface area (Å²) in [6.45, 7) is 9.66. The molecule has 5 rings (SSSR count). The van der Waals surface area contributed by atoms with E-state index in [4.69, 9.17) is 9.72 Å². The van der Waals surface area contributed by atoms with Gasteiger partial charge in [-0.1, -0.05) is 19.1 Å². The summed E-state index contributed by atoms with van der Waals surface area (Å²) in [5.74, 6) is 0.179. The van der Waals surface area contributed by atoms with Crippen LogP contribution in [0.1, 0.15) is 20.8 Å². The molecule has 0 saturated carbocycles. The lowest BCUT2D eigenvalue weighted by atomic mass is 10.1. The largest absolute Gasteiger partial charge is 0.493 e. The molecule has 2 aromatic carbocycles. The molecular weight excluding hydrogens is 521 g/mol. The van der Waals surface area contributed by atoms with Gasteiger partial charge in [0.1, 0.15) is 28.4 Å². The van der Waals surface area contributed by atoms with Crippen LogP contribution in [0.25, 0.3) is 33.5 Å². The van der Waals surface area contributed by atoms with Crippen molar-refractivity contribution in [3.63, 3.8) is 0 Å². The smallest absolute Gasteiger partial charge is 0.275 e. The molecule has 0 spiro atoms. The molecule has 11 heteroatoms. The normalized spacial score (nSPS) is 15.2. The van der Waals surface area contributed by atoms with Crippen LogP contribution in [0.4, 0.5) is 4.39 Å². The van der Waals surface area contributed by atoms with Crippen molar-refractivity contribution in [3.05, 3.63) is 64.8 Å². The van der Waals surface area contributed by atoms with E-state index in [-0.39, 0.29) is 16.3 Å². The molecule has 0 atom stereocenters. The van der Waals surface area contributed by atoms with E-state index < -0.39 is 15.8 Å². The van der Waals surface area contributed by atoms with Gasteiger partial charge < -0.3 is 19.2 Å². The summed E-state index contributed by atoms with van der Waals surface area (Å²) < 4.78 is 50.3. The second kappa shape index (κ2) is 10.9. The van der Waals surface area contributed by atoms with Crippen LogP contribution in [0.2, 0.25) is 0 Å². The number of aromatic amines is 1. The first-order chi connectivity index (χ1) is 18.8. The number of rotatable bonds is 8. The van der Waals surface area contributed by atoms with Crippen LogP contribution in [0.3, 0.4) is 0 Å². The van der Waals surface area contributed by atoms with Gasteiger partial charge >= 0.3 is 0 Å². The molecule has 0 unspecified atom stereocenters. The quantitative estimate of drug-likeness (QED) is 0.355. The highest BCUT2D eigenvalue weighted by atomic mass is 32.2. The number of nitrogens with one attached hydrogen (secondary N) is 1. The third-order valence-electron chi connectivity index (χ3n) is 7.12. The van der Waals surface area contributed by atoms with Crippen molar-refractivity contribution >= 4 is 21.1 Å². The fourth-order valence-electron chi connectivity index (χ4n) is 5.02. The van der Waals surface area contributed by atoms with Crippen LogP contribution in [-0.4, -0.2) is 71.5 Å². The van der Waals surface area contributed by atoms with Gasteiger partial charge in [0.25, 0.3) is 5.56 Å². The standard InChI is InChI=1S/C28H32FN5O4S/c1-4-32-12-14-34(15-13-32)39(36,37)21-10-11-24(38-6-3)22(17-21)27-30-25-23(19-8-7-9-20(29)16-19)18-33(5-2)26(25)28(35)31-27/h7-11,16-18H,4-6,12-15H2,1-3H3,(H,30,31,35). The Bertz CT molecular complexity index is 1670. The van der Waals surface area contributed by atoms with Crippen LogP contribution in [0.15, 0.2) is 58.4 Å². The van der Waals surface area contributed by atoms with Crippen LogP contribution >= 0.6 is 0 Å². The predicted molar refractivity (Wildman–Crippen MR) is 149 cm³/mol. The fourth-order valence-corrected chi connectivity index (χ4v) is 6.47. The van der Waals surface area contributed by atoms with Crippen LogP contribution in [0.5, 0.6) is 5.75 Å². The maximum Gasteiger partial charge on any atom is 0.275 e. The van der Waals surface area contributed by atoms with E-state index in [0.717, 1.165) is 6.54 Å². The second-order valence-electron chi connectivity index (χ2n) is 9.38. The molecule has 1 N–H and O–H groups in total. The Kier molecular flexibility index (Phi) is 7.57. The number of hydrogen-bond acceptors (Lipinski definition) is 6. The first-order valence-electron chi connectivity index (χ1n) is 13.2. The first kappa shape index (κ1) is 27.0. The van der Waals surface area contributed by atoms with Gasteiger partial charge in [0.15, 0.2) is 0 Å². The zero-order chi connectivity index (χ0) is 27.7. The van der Waals surface area contributed by atoms with Crippen LogP contribution < -0.4 is 10.3 Å². The van der Waals surface area contributed by atoms with Crippen molar-refractivity contribution in [1.29, 1.82) is 0 Å². The summed E-state index contributed by atoms with van der Waals surface area (Å²) >= 11 is 0. The van der Waals surface area contributed by atoms with E-state index in [9.17, 15) is 17.6 Å². The van der Waals surface area contributed by atoms with Gasteiger partial charge in [-0.05, 0) is 56.3 Å². The van der Waals surface area contributed by atoms with Gasteiger partial charge in [-0.2, -0.15) is 4.31 Å². The van der Waals surface area contributed by atoms with Gasteiger partial charge in [0.2, 0.25) is 10.0 Å². The lowest BCUT2D eigenvalue weighted by Gasteiger charge is -2.33. The molecular formula is C28H32FN5O4S. The van der Waals surface area contributed by atoms with Crippen molar-refractivity contribution in [2.45, 2.75) is 32.2 Å². The summed E-state index contributed by atoms with van der Waals surface area (Å²) in [4.78, 5) is 23.3. The van der Waals surface area contributed by atoms with Gasteiger partial charge in [-0.25, -0.2) is 17.8 Å². The summed E-state index contributed by atoms with van der Waals surface area (Å²) in [7, 11) is -3.78. The number of aromatic nitrogens is 3. The lowest BCUT2D eigenvalue weighted by molar-refractivity contribution is 0.196. The Hall–Kier alpha value is -3.54. The molecule has 206 valence electrons. The van der Waals surface area contributed by atoms with Crippen molar-refractivity contribution in [1.82, 2.24) is 23.7 Å². The molecule has 0 aliphatic carbocycles. The Balaban J connectivity index is 1.66. The van der Waals surface area contributed by atoms with E-state index >= 15 is 0 Å². The number of nitrogens with zero attached hydrogens (tertiary/aromatic N) is 4. The minimum Gasteiger partial charge on any atom is -0.493 e. The molecule has 1 aliphatic heterocycles. The molecule has 0 amide bonds. The summed E-state index contributed by atoms with van der Waals surface area (Å²) in [6.07, 6.45) is 1.78. The van der Waals surface area contributed by atoms with E-state index in [1.54, 1.807) is 29.0 Å². The van der Waals surface area contributed by atoms with Crippen molar-refractivity contribution in [2.75, 3.05) is 39.3 Å². The fraction of sp³-hybridized carbons (Fsp3) is 0.357. The molecule has 0 radical (unpaired) electrons. The number of piperazine rings is 1. The minimum absolute atomic E-state index is 0.102. The number of sulfonamides is 1. The summed E-state index contributed by atoms with van der Waals surface area (Å²) in [6, 6.07) is 10.8. The molecule has 3 heterocycles. The summed E-state index contributed by atoms with van der Waals surface area (Å²) in [5.41, 5.74) is 1.92. The second-order valence-corrected chi connectivity index (χ2v) is 11.3. The average Bonchev–Trinajstić information content (AvgIpc) is 3.33. The topological polar surface area (TPSA) is 101 Å². The van der Waals surface area contributed by atoms with Crippen LogP contribution in [0, 0.1) is 5.82 Å². The number of halogens is 1. The Labute approximate surface area is 226 Å². The number of benzene rings is 2. The van der Waals surface area contributed by atoms with Crippen molar-refractivity contribution in [2.24, 2.45) is 0 Å². The maximum atomic E-state index is 14.1. The highest BCUT2D eigenvalue weighted by Gasteiger charge is 2.29. The number of likely N-dealkylation sites (N-methyl/N-ethyl adjacent to an activating group) is 1. The van der Waals surface area contributed by atoms with E-state index in [0.29, 0.717) is 72.8 Å². The van der Waals surface area contributed by atoms with E-state index in [2.05, 4.69) is 16.8 Å². The molecule has 0 bridgehead atoms. The number of ether oxygens (including phenoxy) is 1. The zero-order valence-electron chi connectivity index (χ0n) is 22.3. The highest BCUT2D eigenvalue weighted by molar-refractivity contribution is 7.89. The number of hydrogen-bond donors (Lipinski definition) is 1. The maximum absolute atomic E-state index is 14.1. The van der Waals surface area contributed by atoms with Crippen molar-refractivity contribution < 1.29 is 17.5 Å². The van der Waals surface area contributed by atoms with E-state index in [1.165, 1.54) is 28.6 Å². The van der Waals surface area contributed by atoms with E-state index in [1.807, 2.05) is 13.8 Å². The Morgan fingerprint density at radius 1 is 1.00 bits per heavy atom. The van der Waals surface area contributed by atoms with Gasteiger partial charge in [-0.3, -0.25) is 4.79 Å². The molecule has 4 aromatic rings. The van der Waals surface area contributed by atoms with Crippen molar-refractivity contribution in [3.8, 4) is 28.3 Å². The van der Waals surface area contributed by atoms with Gasteiger partial charge in [0.05, 0.1) is 17.1 Å². The molecule has 9 nitrogen and oxygen atoms in total. The highest BCUT2D eigenvalue weighted by Crippen LogP contribution is 2.34. The van der Waals surface area contributed by atoms with Gasteiger partial charge in [0, 0.05) is 44.5 Å². The molecule has 1 fully saturated rings. The summed E-state index contributed by atoms with van der Waals surface area (Å²) in [5, 5.41) is 0. The van der Waals surface area contributed by atoms with Gasteiger partial charge in [-0.15, -0.1) is 0 Å². The predicted octanol–water partition coefficient (Wildman–Crippen LogP) is 3.94.